The number of carbonyl (C=O) groups is 1. The van der Waals surface area contributed by atoms with Crippen molar-refractivity contribution in [3.05, 3.63) is 41.0 Å². The van der Waals surface area contributed by atoms with E-state index in [-0.39, 0.29) is 23.5 Å². The Morgan fingerprint density at radius 2 is 2.29 bits per heavy atom. The number of nitrogens with zero attached hydrogens (tertiary/aromatic N) is 1. The molecule has 0 bridgehead atoms. The summed E-state index contributed by atoms with van der Waals surface area (Å²) in [6, 6.07) is 3.83. The second kappa shape index (κ2) is 5.64. The van der Waals surface area contributed by atoms with E-state index in [1.165, 1.54) is 18.2 Å². The number of phenolic OH excluding ortho intramolecular Hbond substituents is 1. The van der Waals surface area contributed by atoms with E-state index in [0.717, 1.165) is 0 Å². The molecule has 6 heteroatoms. The summed E-state index contributed by atoms with van der Waals surface area (Å²) in [6.45, 7) is 3.47. The molecule has 2 N–H and O–H groups in total. The molecule has 1 amide bonds. The van der Waals surface area contributed by atoms with Crippen LogP contribution in [-0.2, 0) is 4.79 Å². The second-order valence-corrected chi connectivity index (χ2v) is 3.30. The minimum absolute atomic E-state index is 0.162. The summed E-state index contributed by atoms with van der Waals surface area (Å²) in [6.07, 6.45) is 2.20. The molecule has 0 unspecified atom stereocenters. The Hall–Kier alpha value is -2.37. The van der Waals surface area contributed by atoms with Crippen molar-refractivity contribution in [2.45, 2.75) is 12.8 Å². The summed E-state index contributed by atoms with van der Waals surface area (Å²) in [7, 11) is 0. The third kappa shape index (κ3) is 3.30. The maximum atomic E-state index is 11.4. The van der Waals surface area contributed by atoms with Crippen molar-refractivity contribution in [2.75, 3.05) is 5.32 Å². The van der Waals surface area contributed by atoms with Crippen LogP contribution in [0.2, 0.25) is 0 Å². The lowest BCUT2D eigenvalue weighted by Gasteiger charge is -2.06. The van der Waals surface area contributed by atoms with Gasteiger partial charge >= 0.3 is 0 Å². The van der Waals surface area contributed by atoms with Crippen LogP contribution in [0.3, 0.4) is 0 Å². The number of hydrogen-bond acceptors (Lipinski definition) is 4. The van der Waals surface area contributed by atoms with Crippen LogP contribution in [-0.4, -0.2) is 15.9 Å². The number of rotatable bonds is 5. The van der Waals surface area contributed by atoms with Gasteiger partial charge in [0.1, 0.15) is 5.75 Å². The summed E-state index contributed by atoms with van der Waals surface area (Å²) in [5.74, 6) is -0.736. The Kier molecular flexibility index (Phi) is 4.21. The number of aromatic hydroxyl groups is 1. The van der Waals surface area contributed by atoms with Crippen LogP contribution < -0.4 is 5.32 Å². The molecule has 0 aliphatic rings. The van der Waals surface area contributed by atoms with Gasteiger partial charge < -0.3 is 10.4 Å². The maximum absolute atomic E-state index is 11.4. The van der Waals surface area contributed by atoms with Crippen molar-refractivity contribution in [3.63, 3.8) is 0 Å². The molecule has 0 spiro atoms. The van der Waals surface area contributed by atoms with Crippen molar-refractivity contribution >= 4 is 17.3 Å². The van der Waals surface area contributed by atoms with E-state index in [1.807, 2.05) is 0 Å². The molecule has 90 valence electrons. The van der Waals surface area contributed by atoms with E-state index in [9.17, 15) is 20.0 Å². The van der Waals surface area contributed by atoms with E-state index >= 15 is 0 Å². The quantitative estimate of drug-likeness (QED) is 0.355. The first-order chi connectivity index (χ1) is 8.06. The van der Waals surface area contributed by atoms with Crippen LogP contribution in [0.4, 0.5) is 11.4 Å². The highest BCUT2D eigenvalue weighted by Crippen LogP contribution is 2.33. The molecule has 0 saturated carbocycles. The van der Waals surface area contributed by atoms with Crippen molar-refractivity contribution in [1.82, 2.24) is 0 Å². The second-order valence-electron chi connectivity index (χ2n) is 3.30. The molecule has 0 fully saturated rings. The Morgan fingerprint density at radius 3 is 2.88 bits per heavy atom. The number of allylic oxidation sites excluding steroid dienone is 1. The van der Waals surface area contributed by atoms with Crippen molar-refractivity contribution in [2.24, 2.45) is 0 Å². The molecule has 17 heavy (non-hydrogen) atoms. The molecule has 6 nitrogen and oxygen atoms in total. The van der Waals surface area contributed by atoms with E-state index in [0.29, 0.717) is 6.42 Å². The van der Waals surface area contributed by atoms with Gasteiger partial charge in [0, 0.05) is 12.5 Å². The Bertz CT molecular complexity index is 457. The van der Waals surface area contributed by atoms with Crippen LogP contribution in [0, 0.1) is 10.1 Å². The average Bonchev–Trinajstić information content (AvgIpc) is 2.28. The normalized spacial score (nSPS) is 9.65. The maximum Gasteiger partial charge on any atom is 0.296 e. The SMILES string of the molecule is C=CCCC(=O)Nc1c(O)cccc1[N+](=O)[O-]. The van der Waals surface area contributed by atoms with Crippen LogP contribution >= 0.6 is 0 Å². The molecular formula is C11H12N2O4. The Labute approximate surface area is 97.7 Å². The molecule has 0 saturated heterocycles. The summed E-state index contributed by atoms with van der Waals surface area (Å²) in [5.41, 5.74) is -0.511. The minimum Gasteiger partial charge on any atom is -0.505 e. The highest BCUT2D eigenvalue weighted by Gasteiger charge is 2.18. The largest absolute Gasteiger partial charge is 0.505 e. The number of nitro benzene ring substituents is 1. The summed E-state index contributed by atoms with van der Waals surface area (Å²) in [4.78, 5) is 21.4. The fraction of sp³-hybridized carbons (Fsp3) is 0.182. The number of carbonyl (C=O) groups excluding carboxylic acids is 1. The fourth-order valence-corrected chi connectivity index (χ4v) is 1.24. The average molecular weight is 236 g/mol. The van der Waals surface area contributed by atoms with Gasteiger partial charge in [0.15, 0.2) is 5.69 Å². The third-order valence-corrected chi connectivity index (χ3v) is 2.06. The summed E-state index contributed by atoms with van der Waals surface area (Å²) in [5, 5.41) is 22.5. The van der Waals surface area contributed by atoms with Gasteiger partial charge in [-0.05, 0) is 12.5 Å². The van der Waals surface area contributed by atoms with E-state index < -0.39 is 10.8 Å². The van der Waals surface area contributed by atoms with E-state index in [2.05, 4.69) is 11.9 Å². The number of nitrogens with one attached hydrogen (secondary N) is 1. The van der Waals surface area contributed by atoms with Gasteiger partial charge in [-0.3, -0.25) is 14.9 Å². The highest BCUT2D eigenvalue weighted by atomic mass is 16.6. The Morgan fingerprint density at radius 1 is 1.59 bits per heavy atom. The molecule has 0 atom stereocenters. The van der Waals surface area contributed by atoms with E-state index in [1.54, 1.807) is 6.08 Å². The van der Waals surface area contributed by atoms with Crippen molar-refractivity contribution < 1.29 is 14.8 Å². The molecule has 0 heterocycles. The predicted molar refractivity (Wildman–Crippen MR) is 62.8 cm³/mol. The van der Waals surface area contributed by atoms with Gasteiger partial charge in [0.25, 0.3) is 5.69 Å². The minimum atomic E-state index is -0.664. The number of para-hydroxylation sites is 1. The number of benzene rings is 1. The van der Waals surface area contributed by atoms with Crippen molar-refractivity contribution in [3.8, 4) is 5.75 Å². The molecule has 1 aromatic rings. The van der Waals surface area contributed by atoms with Gasteiger partial charge in [0.05, 0.1) is 4.92 Å². The highest BCUT2D eigenvalue weighted by molar-refractivity contribution is 5.95. The van der Waals surface area contributed by atoms with Gasteiger partial charge in [-0.2, -0.15) is 0 Å². The van der Waals surface area contributed by atoms with Gasteiger partial charge in [-0.25, -0.2) is 0 Å². The lowest BCUT2D eigenvalue weighted by atomic mass is 10.2. The fourth-order valence-electron chi connectivity index (χ4n) is 1.24. The topological polar surface area (TPSA) is 92.5 Å². The van der Waals surface area contributed by atoms with E-state index in [4.69, 9.17) is 0 Å². The number of amides is 1. The monoisotopic (exact) mass is 236 g/mol. The zero-order valence-electron chi connectivity index (χ0n) is 9.05. The smallest absolute Gasteiger partial charge is 0.296 e. The number of phenols is 1. The molecule has 0 radical (unpaired) electrons. The predicted octanol–water partition coefficient (Wildman–Crippen LogP) is 2.21. The third-order valence-electron chi connectivity index (χ3n) is 2.06. The first-order valence-corrected chi connectivity index (χ1v) is 4.93. The molecule has 0 aromatic heterocycles. The van der Waals surface area contributed by atoms with Crippen LogP contribution in [0.1, 0.15) is 12.8 Å². The first kappa shape index (κ1) is 12.7. The lowest BCUT2D eigenvalue weighted by Crippen LogP contribution is -2.12. The van der Waals surface area contributed by atoms with Crippen LogP contribution in [0.5, 0.6) is 5.75 Å². The lowest BCUT2D eigenvalue weighted by molar-refractivity contribution is -0.384. The van der Waals surface area contributed by atoms with Crippen LogP contribution in [0.25, 0.3) is 0 Å². The molecular weight excluding hydrogens is 224 g/mol. The number of hydrogen-bond donors (Lipinski definition) is 2. The number of nitro groups is 1. The standard InChI is InChI=1S/C11H12N2O4/c1-2-3-7-10(15)12-11-8(13(16)17)5-4-6-9(11)14/h2,4-6,14H,1,3,7H2,(H,12,15). The molecule has 1 aromatic carbocycles. The zero-order chi connectivity index (χ0) is 12.8. The van der Waals surface area contributed by atoms with Crippen molar-refractivity contribution in [1.29, 1.82) is 0 Å². The molecule has 0 aliphatic carbocycles. The summed E-state index contributed by atoms with van der Waals surface area (Å²) >= 11 is 0. The summed E-state index contributed by atoms with van der Waals surface area (Å²) < 4.78 is 0. The first-order valence-electron chi connectivity index (χ1n) is 4.93. The van der Waals surface area contributed by atoms with Gasteiger partial charge in [-0.15, -0.1) is 6.58 Å². The zero-order valence-corrected chi connectivity index (χ0v) is 9.05. The van der Waals surface area contributed by atoms with Gasteiger partial charge in [0.2, 0.25) is 5.91 Å². The number of anilines is 1. The molecule has 1 rings (SSSR count). The Balaban J connectivity index is 2.92. The van der Waals surface area contributed by atoms with Crippen LogP contribution in [0.15, 0.2) is 30.9 Å². The molecule has 0 aliphatic heterocycles. The van der Waals surface area contributed by atoms with Gasteiger partial charge in [-0.1, -0.05) is 12.1 Å².